The molecule has 33 heavy (non-hydrogen) atoms. The van der Waals surface area contributed by atoms with E-state index in [0.717, 1.165) is 18.2 Å². The van der Waals surface area contributed by atoms with Crippen molar-refractivity contribution in [2.24, 2.45) is 5.73 Å². The lowest BCUT2D eigenvalue weighted by Gasteiger charge is -2.16. The summed E-state index contributed by atoms with van der Waals surface area (Å²) in [4.78, 5) is 27.9. The van der Waals surface area contributed by atoms with Crippen LogP contribution in [0, 0.1) is 5.82 Å². The lowest BCUT2D eigenvalue weighted by Crippen LogP contribution is -2.17. The van der Waals surface area contributed by atoms with E-state index >= 15 is 0 Å². The highest BCUT2D eigenvalue weighted by Crippen LogP contribution is 2.41. The minimum atomic E-state index is -4.72. The van der Waals surface area contributed by atoms with Crippen LogP contribution < -0.4 is 20.5 Å². The number of nitrogens with one attached hydrogen (secondary N) is 1. The number of pyridine rings is 1. The van der Waals surface area contributed by atoms with E-state index in [-0.39, 0.29) is 40.8 Å². The molecule has 7 nitrogen and oxygen atoms in total. The van der Waals surface area contributed by atoms with Crippen LogP contribution in [0.4, 0.5) is 23.2 Å². The number of aromatic nitrogens is 1. The Morgan fingerprint density at radius 2 is 1.85 bits per heavy atom. The Morgan fingerprint density at radius 3 is 2.58 bits per heavy atom. The highest BCUT2D eigenvalue weighted by molar-refractivity contribution is 6.07. The predicted octanol–water partition coefficient (Wildman–Crippen LogP) is 4.32. The topological polar surface area (TPSA) is 104 Å². The molecule has 2 aromatic carbocycles. The lowest BCUT2D eigenvalue weighted by atomic mass is 10.1. The van der Waals surface area contributed by atoms with E-state index in [0.29, 0.717) is 12.5 Å². The number of hydrogen-bond donors (Lipinski definition) is 2. The molecule has 0 atom stereocenters. The molecule has 0 spiro atoms. The highest BCUT2D eigenvalue weighted by Gasteiger charge is 2.32. The van der Waals surface area contributed by atoms with E-state index in [4.69, 9.17) is 15.2 Å². The van der Waals surface area contributed by atoms with Gasteiger partial charge < -0.3 is 20.5 Å². The van der Waals surface area contributed by atoms with Crippen molar-refractivity contribution in [1.82, 2.24) is 4.98 Å². The van der Waals surface area contributed by atoms with E-state index < -0.39 is 34.9 Å². The smallest absolute Gasteiger partial charge is 0.416 e. The Hall–Kier alpha value is -4.15. The van der Waals surface area contributed by atoms with Gasteiger partial charge in [-0.1, -0.05) is 0 Å². The largest absolute Gasteiger partial charge is 0.489 e. The van der Waals surface area contributed by atoms with Gasteiger partial charge in [-0.2, -0.15) is 13.2 Å². The van der Waals surface area contributed by atoms with Gasteiger partial charge in [0, 0.05) is 23.9 Å². The Morgan fingerprint density at radius 1 is 1.09 bits per heavy atom. The summed E-state index contributed by atoms with van der Waals surface area (Å²) in [6, 6.07) is 7.30. The fourth-order valence-electron chi connectivity index (χ4n) is 3.24. The van der Waals surface area contributed by atoms with E-state index in [1.807, 2.05) is 0 Å². The zero-order chi connectivity index (χ0) is 23.8. The van der Waals surface area contributed by atoms with Gasteiger partial charge >= 0.3 is 6.18 Å². The SMILES string of the molecule is NC(=O)c1cc(NC(=O)c2cc(C(F)(F)F)ccc2Oc2ccc(F)c3c2OCC3)ccn1. The van der Waals surface area contributed by atoms with Gasteiger partial charge in [-0.3, -0.25) is 14.6 Å². The quantitative estimate of drug-likeness (QED) is 0.551. The van der Waals surface area contributed by atoms with Crippen LogP contribution >= 0.6 is 0 Å². The summed E-state index contributed by atoms with van der Waals surface area (Å²) in [6.45, 7) is 0.219. The number of ether oxygens (including phenoxy) is 2. The number of nitrogens with zero attached hydrogens (tertiary/aromatic N) is 1. The minimum absolute atomic E-state index is 0.0534. The van der Waals surface area contributed by atoms with Crippen molar-refractivity contribution in [2.45, 2.75) is 12.6 Å². The van der Waals surface area contributed by atoms with Gasteiger partial charge in [-0.25, -0.2) is 4.39 Å². The monoisotopic (exact) mass is 461 g/mol. The molecule has 1 aliphatic rings. The van der Waals surface area contributed by atoms with Crippen LogP contribution in [0.2, 0.25) is 0 Å². The number of carbonyl (C=O) groups is 2. The summed E-state index contributed by atoms with van der Waals surface area (Å²) >= 11 is 0. The Balaban J connectivity index is 1.72. The molecule has 0 fully saturated rings. The van der Waals surface area contributed by atoms with E-state index in [2.05, 4.69) is 10.3 Å². The van der Waals surface area contributed by atoms with Crippen LogP contribution in [0.1, 0.15) is 32.0 Å². The molecule has 11 heteroatoms. The van der Waals surface area contributed by atoms with Crippen LogP contribution in [-0.4, -0.2) is 23.4 Å². The first-order valence-corrected chi connectivity index (χ1v) is 9.54. The molecule has 3 N–H and O–H groups in total. The van der Waals surface area contributed by atoms with Gasteiger partial charge in [0.15, 0.2) is 11.5 Å². The molecular weight excluding hydrogens is 446 g/mol. The predicted molar refractivity (Wildman–Crippen MR) is 108 cm³/mol. The molecule has 0 saturated carbocycles. The van der Waals surface area contributed by atoms with Crippen LogP contribution in [-0.2, 0) is 12.6 Å². The number of carbonyl (C=O) groups excluding carboxylic acids is 2. The number of amides is 2. The van der Waals surface area contributed by atoms with E-state index in [9.17, 15) is 27.2 Å². The number of anilines is 1. The van der Waals surface area contributed by atoms with Gasteiger partial charge in [0.25, 0.3) is 11.8 Å². The van der Waals surface area contributed by atoms with Crippen molar-refractivity contribution in [3.05, 3.63) is 76.9 Å². The molecule has 0 aliphatic carbocycles. The molecule has 0 radical (unpaired) electrons. The fourth-order valence-corrected chi connectivity index (χ4v) is 3.24. The molecule has 4 rings (SSSR count). The van der Waals surface area contributed by atoms with Crippen molar-refractivity contribution in [2.75, 3.05) is 11.9 Å². The number of rotatable bonds is 5. The molecule has 1 aromatic heterocycles. The number of hydrogen-bond acceptors (Lipinski definition) is 5. The average molecular weight is 461 g/mol. The van der Waals surface area contributed by atoms with Gasteiger partial charge in [-0.15, -0.1) is 0 Å². The third-order valence-corrected chi connectivity index (χ3v) is 4.81. The third kappa shape index (κ3) is 4.56. The second-order valence-electron chi connectivity index (χ2n) is 7.01. The summed E-state index contributed by atoms with van der Waals surface area (Å²) < 4.78 is 64.9. The van der Waals surface area contributed by atoms with Crippen molar-refractivity contribution >= 4 is 17.5 Å². The maximum absolute atomic E-state index is 14.0. The van der Waals surface area contributed by atoms with Crippen molar-refractivity contribution < 1.29 is 36.6 Å². The van der Waals surface area contributed by atoms with Crippen LogP contribution in [0.15, 0.2) is 48.7 Å². The second-order valence-corrected chi connectivity index (χ2v) is 7.01. The number of benzene rings is 2. The van der Waals surface area contributed by atoms with Gasteiger partial charge in [-0.05, 0) is 42.5 Å². The van der Waals surface area contributed by atoms with Crippen LogP contribution in [0.25, 0.3) is 0 Å². The zero-order valence-electron chi connectivity index (χ0n) is 16.7. The number of fused-ring (bicyclic) bond motifs is 1. The average Bonchev–Trinajstić information content (AvgIpc) is 3.26. The molecule has 170 valence electrons. The number of primary amides is 1. The standard InChI is InChI=1S/C22H15F4N3O4/c23-15-2-4-18(19-13(15)6-8-32-19)33-17-3-1-11(22(24,25)26)9-14(17)21(31)29-12-5-7-28-16(10-12)20(27)30/h1-5,7,9-10H,6,8H2,(H2,27,30)(H,28,29,31). The molecule has 3 aromatic rings. The van der Waals surface area contributed by atoms with Crippen LogP contribution in [0.5, 0.6) is 17.2 Å². The van der Waals surface area contributed by atoms with Crippen LogP contribution in [0.3, 0.4) is 0 Å². The summed E-state index contributed by atoms with van der Waals surface area (Å²) in [7, 11) is 0. The molecule has 0 saturated heterocycles. The lowest BCUT2D eigenvalue weighted by molar-refractivity contribution is -0.137. The van der Waals surface area contributed by atoms with Crippen molar-refractivity contribution in [3.63, 3.8) is 0 Å². The molecule has 2 heterocycles. The summed E-state index contributed by atoms with van der Waals surface area (Å²) in [5.74, 6) is -2.33. The first-order chi connectivity index (χ1) is 15.6. The van der Waals surface area contributed by atoms with Gasteiger partial charge in [0.05, 0.1) is 17.7 Å². The number of halogens is 4. The number of nitrogens with two attached hydrogens (primary N) is 1. The summed E-state index contributed by atoms with van der Waals surface area (Å²) in [5.41, 5.74) is 3.85. The Kier molecular flexibility index (Phi) is 5.62. The van der Waals surface area contributed by atoms with E-state index in [1.54, 1.807) is 0 Å². The zero-order valence-corrected chi connectivity index (χ0v) is 16.7. The van der Waals surface area contributed by atoms with Gasteiger partial charge in [0.2, 0.25) is 0 Å². The molecule has 0 bridgehead atoms. The highest BCUT2D eigenvalue weighted by atomic mass is 19.4. The second kappa shape index (κ2) is 8.41. The molecule has 0 unspecified atom stereocenters. The Bertz CT molecular complexity index is 1260. The third-order valence-electron chi connectivity index (χ3n) is 4.81. The maximum atomic E-state index is 14.0. The summed E-state index contributed by atoms with van der Waals surface area (Å²) in [5, 5.41) is 2.39. The van der Waals surface area contributed by atoms with Gasteiger partial charge in [0.1, 0.15) is 17.3 Å². The number of alkyl halides is 3. The normalized spacial score (nSPS) is 12.6. The van der Waals surface area contributed by atoms with Crippen molar-refractivity contribution in [3.8, 4) is 17.2 Å². The molecular formula is C22H15F4N3O4. The summed E-state index contributed by atoms with van der Waals surface area (Å²) in [6.07, 6.45) is -3.20. The molecule has 1 aliphatic heterocycles. The maximum Gasteiger partial charge on any atom is 0.416 e. The van der Waals surface area contributed by atoms with E-state index in [1.165, 1.54) is 24.4 Å². The van der Waals surface area contributed by atoms with Crippen molar-refractivity contribution in [1.29, 1.82) is 0 Å². The minimum Gasteiger partial charge on any atom is -0.489 e. The first kappa shape index (κ1) is 22.1. The molecule has 2 amide bonds. The first-order valence-electron chi connectivity index (χ1n) is 9.54. The fraction of sp³-hybridized carbons (Fsp3) is 0.136. The Labute approximate surface area is 184 Å².